The third-order valence-electron chi connectivity index (χ3n) is 6.02. The summed E-state index contributed by atoms with van der Waals surface area (Å²) in [6.07, 6.45) is 0. The molecule has 0 bridgehead atoms. The molecule has 1 aliphatic rings. The number of carbonyl (C=O) groups is 1. The molecular formula is C27H24N2O3S2. The molecule has 7 heteroatoms. The summed E-state index contributed by atoms with van der Waals surface area (Å²) in [5.74, 6) is 0.731. The van der Waals surface area contributed by atoms with Crippen molar-refractivity contribution in [2.24, 2.45) is 5.92 Å². The van der Waals surface area contributed by atoms with E-state index >= 15 is 0 Å². The topological polar surface area (TPSA) is 60.3 Å². The Morgan fingerprint density at radius 2 is 1.71 bits per heavy atom. The average molecular weight is 489 g/mol. The maximum absolute atomic E-state index is 13.5. The van der Waals surface area contributed by atoms with Crippen LogP contribution in [0.5, 0.6) is 5.75 Å². The SMILES string of the molecule is COc1ccc(C2c3sc(=O)n(-c4ccccc4)c3SCC2C(=O)Nc2ccc(C)cc2)cc1. The number of anilines is 1. The summed E-state index contributed by atoms with van der Waals surface area (Å²) in [6, 6.07) is 25.3. The number of thioether (sulfide) groups is 1. The van der Waals surface area contributed by atoms with E-state index in [1.54, 1.807) is 23.4 Å². The van der Waals surface area contributed by atoms with Crippen LogP contribution in [-0.2, 0) is 4.79 Å². The zero-order valence-corrected chi connectivity index (χ0v) is 20.5. The molecule has 5 rings (SSSR count). The van der Waals surface area contributed by atoms with E-state index in [2.05, 4.69) is 5.32 Å². The van der Waals surface area contributed by atoms with Crippen LogP contribution in [-0.4, -0.2) is 23.3 Å². The van der Waals surface area contributed by atoms with Gasteiger partial charge in [-0.3, -0.25) is 14.2 Å². The smallest absolute Gasteiger partial charge is 0.312 e. The number of methoxy groups -OCH3 is 1. The Labute approximate surface area is 206 Å². The summed E-state index contributed by atoms with van der Waals surface area (Å²) in [6.45, 7) is 2.02. The molecule has 1 aliphatic heterocycles. The van der Waals surface area contributed by atoms with E-state index in [1.807, 2.05) is 85.8 Å². The van der Waals surface area contributed by atoms with Crippen molar-refractivity contribution in [2.45, 2.75) is 17.9 Å². The molecule has 34 heavy (non-hydrogen) atoms. The molecule has 0 radical (unpaired) electrons. The Balaban J connectivity index is 1.57. The van der Waals surface area contributed by atoms with Crippen molar-refractivity contribution in [3.63, 3.8) is 0 Å². The molecule has 172 valence electrons. The lowest BCUT2D eigenvalue weighted by molar-refractivity contribution is -0.119. The molecule has 2 atom stereocenters. The molecule has 0 saturated carbocycles. The van der Waals surface area contributed by atoms with E-state index in [-0.39, 0.29) is 22.6 Å². The predicted molar refractivity (Wildman–Crippen MR) is 139 cm³/mol. The lowest BCUT2D eigenvalue weighted by atomic mass is 9.85. The van der Waals surface area contributed by atoms with E-state index < -0.39 is 0 Å². The molecule has 0 spiro atoms. The fourth-order valence-corrected chi connectivity index (χ4v) is 6.96. The Morgan fingerprint density at radius 3 is 2.38 bits per heavy atom. The number of nitrogens with zero attached hydrogens (tertiary/aromatic N) is 1. The summed E-state index contributed by atoms with van der Waals surface area (Å²) in [5, 5.41) is 4.01. The number of rotatable bonds is 5. The van der Waals surface area contributed by atoms with Gasteiger partial charge in [-0.2, -0.15) is 0 Å². The molecule has 4 aromatic rings. The van der Waals surface area contributed by atoms with E-state index in [0.29, 0.717) is 5.75 Å². The highest BCUT2D eigenvalue weighted by Gasteiger charge is 2.39. The van der Waals surface area contributed by atoms with Gasteiger partial charge in [-0.25, -0.2) is 0 Å². The largest absolute Gasteiger partial charge is 0.497 e. The molecule has 2 unspecified atom stereocenters. The Morgan fingerprint density at radius 1 is 1.00 bits per heavy atom. The number of fused-ring (bicyclic) bond motifs is 1. The molecule has 0 saturated heterocycles. The van der Waals surface area contributed by atoms with Crippen LogP contribution in [0.2, 0.25) is 0 Å². The summed E-state index contributed by atoms with van der Waals surface area (Å²) in [4.78, 5) is 27.5. The molecule has 3 aromatic carbocycles. The van der Waals surface area contributed by atoms with Crippen LogP contribution in [0.4, 0.5) is 5.69 Å². The van der Waals surface area contributed by atoms with Crippen LogP contribution < -0.4 is 14.9 Å². The first-order valence-corrected chi connectivity index (χ1v) is 12.8. The number of aryl methyl sites for hydroxylation is 1. The predicted octanol–water partition coefficient (Wildman–Crippen LogP) is 5.71. The van der Waals surface area contributed by atoms with Gasteiger partial charge in [0.05, 0.1) is 23.7 Å². The average Bonchev–Trinajstić information content (AvgIpc) is 3.21. The number of hydrogen-bond acceptors (Lipinski definition) is 5. The standard InChI is InChI=1S/C27H24N2O3S2/c1-17-8-12-19(13-9-17)28-25(30)22-16-33-26-24(23(22)18-10-14-21(32-2)15-11-18)34-27(31)29(26)20-6-4-3-5-7-20/h3-15,22-23H,16H2,1-2H3,(H,28,30). The lowest BCUT2D eigenvalue weighted by Gasteiger charge is -2.31. The van der Waals surface area contributed by atoms with Gasteiger partial charge in [-0.1, -0.05) is 59.4 Å². The number of para-hydroxylation sites is 1. The second-order valence-electron chi connectivity index (χ2n) is 8.23. The van der Waals surface area contributed by atoms with Crippen molar-refractivity contribution in [1.29, 1.82) is 0 Å². The van der Waals surface area contributed by atoms with Crippen molar-refractivity contribution in [3.8, 4) is 11.4 Å². The number of ether oxygens (including phenoxy) is 1. The molecule has 5 nitrogen and oxygen atoms in total. The van der Waals surface area contributed by atoms with Crippen molar-refractivity contribution >= 4 is 34.7 Å². The van der Waals surface area contributed by atoms with Crippen LogP contribution in [0, 0.1) is 12.8 Å². The highest BCUT2D eigenvalue weighted by Crippen LogP contribution is 2.47. The first-order chi connectivity index (χ1) is 16.5. The van der Waals surface area contributed by atoms with Gasteiger partial charge >= 0.3 is 4.87 Å². The molecule has 0 aliphatic carbocycles. The summed E-state index contributed by atoms with van der Waals surface area (Å²) in [7, 11) is 1.63. The number of thiazole rings is 1. The highest BCUT2D eigenvalue weighted by molar-refractivity contribution is 7.99. The van der Waals surface area contributed by atoms with E-state index in [1.165, 1.54) is 11.3 Å². The van der Waals surface area contributed by atoms with Crippen molar-refractivity contribution < 1.29 is 9.53 Å². The van der Waals surface area contributed by atoms with Crippen LogP contribution >= 0.6 is 23.1 Å². The minimum Gasteiger partial charge on any atom is -0.497 e. The maximum atomic E-state index is 13.5. The second kappa shape index (κ2) is 9.52. The lowest BCUT2D eigenvalue weighted by Crippen LogP contribution is -2.33. The van der Waals surface area contributed by atoms with Crippen LogP contribution in [0.15, 0.2) is 88.7 Å². The zero-order chi connectivity index (χ0) is 23.7. The minimum absolute atomic E-state index is 0.0400. The number of hydrogen-bond donors (Lipinski definition) is 1. The molecule has 1 aromatic heterocycles. The van der Waals surface area contributed by atoms with Crippen molar-refractivity contribution in [2.75, 3.05) is 18.2 Å². The number of carbonyl (C=O) groups excluding carboxylic acids is 1. The Hall–Kier alpha value is -3.29. The maximum Gasteiger partial charge on any atom is 0.312 e. The fourth-order valence-electron chi connectivity index (χ4n) is 4.25. The number of benzene rings is 3. The van der Waals surface area contributed by atoms with Crippen LogP contribution in [0.1, 0.15) is 21.9 Å². The van der Waals surface area contributed by atoms with E-state index in [4.69, 9.17) is 4.74 Å². The zero-order valence-electron chi connectivity index (χ0n) is 18.9. The van der Waals surface area contributed by atoms with E-state index in [9.17, 15) is 9.59 Å². The van der Waals surface area contributed by atoms with Gasteiger partial charge in [0.15, 0.2) is 0 Å². The molecule has 0 fully saturated rings. The summed E-state index contributed by atoms with van der Waals surface area (Å²) >= 11 is 2.80. The fraction of sp³-hybridized carbons (Fsp3) is 0.185. The number of amides is 1. The molecule has 1 N–H and O–H groups in total. The Bertz CT molecular complexity index is 1360. The molecular weight excluding hydrogens is 464 g/mol. The van der Waals surface area contributed by atoms with Crippen molar-refractivity contribution in [3.05, 3.63) is 105 Å². The summed E-state index contributed by atoms with van der Waals surface area (Å²) < 4.78 is 7.11. The first kappa shape index (κ1) is 22.5. The third-order valence-corrected chi connectivity index (χ3v) is 8.38. The van der Waals surface area contributed by atoms with Gasteiger partial charge in [0.2, 0.25) is 5.91 Å². The number of nitrogens with one attached hydrogen (secondary N) is 1. The van der Waals surface area contributed by atoms with E-state index in [0.717, 1.165) is 38.2 Å². The van der Waals surface area contributed by atoms with Crippen molar-refractivity contribution in [1.82, 2.24) is 4.57 Å². The van der Waals surface area contributed by atoms with Crippen LogP contribution in [0.25, 0.3) is 5.69 Å². The first-order valence-electron chi connectivity index (χ1n) is 11.0. The van der Waals surface area contributed by atoms with Gasteiger partial charge in [-0.05, 0) is 48.9 Å². The van der Waals surface area contributed by atoms with Crippen LogP contribution in [0.3, 0.4) is 0 Å². The normalized spacial score (nSPS) is 17.1. The van der Waals surface area contributed by atoms with Gasteiger partial charge in [0.25, 0.3) is 0 Å². The quantitative estimate of drug-likeness (QED) is 0.391. The highest BCUT2D eigenvalue weighted by atomic mass is 32.2. The van der Waals surface area contributed by atoms with Gasteiger partial charge in [-0.15, -0.1) is 11.8 Å². The Kier molecular flexibility index (Phi) is 6.30. The molecule has 1 amide bonds. The number of aromatic nitrogens is 1. The second-order valence-corrected chi connectivity index (χ2v) is 10.2. The minimum atomic E-state index is -0.325. The van der Waals surface area contributed by atoms with Gasteiger partial charge in [0, 0.05) is 22.2 Å². The third kappa shape index (κ3) is 4.29. The van der Waals surface area contributed by atoms with Gasteiger partial charge < -0.3 is 10.1 Å². The summed E-state index contributed by atoms with van der Waals surface area (Å²) in [5.41, 5.74) is 3.75. The molecule has 2 heterocycles. The monoisotopic (exact) mass is 488 g/mol. The van der Waals surface area contributed by atoms with Gasteiger partial charge in [0.1, 0.15) is 5.75 Å².